The number of rotatable bonds is 5. The van der Waals surface area contributed by atoms with Gasteiger partial charge in [0.2, 0.25) is 0 Å². The molecule has 0 radical (unpaired) electrons. The highest BCUT2D eigenvalue weighted by Gasteiger charge is 2.22. The van der Waals surface area contributed by atoms with Crippen molar-refractivity contribution in [3.05, 3.63) is 35.3 Å². The molecule has 0 spiro atoms. The molecule has 2 heterocycles. The van der Waals surface area contributed by atoms with Gasteiger partial charge in [-0.05, 0) is 25.0 Å². The quantitative estimate of drug-likeness (QED) is 0.751. The van der Waals surface area contributed by atoms with Crippen LogP contribution in [0.25, 0.3) is 0 Å². The average Bonchev–Trinajstić information content (AvgIpc) is 3.13. The number of benzene rings is 1. The normalized spacial score (nSPS) is 18.4. The number of carbonyl (C=O) groups excluding carboxylic acids is 1. The maximum absolute atomic E-state index is 12.6. The van der Waals surface area contributed by atoms with E-state index < -0.39 is 0 Å². The highest BCUT2D eigenvalue weighted by Crippen LogP contribution is 2.26. The number of hydrogen-bond donors (Lipinski definition) is 1. The van der Waals surface area contributed by atoms with Gasteiger partial charge >= 0.3 is 0 Å². The van der Waals surface area contributed by atoms with E-state index in [-0.39, 0.29) is 5.91 Å². The zero-order valence-electron chi connectivity index (χ0n) is 17.1. The van der Waals surface area contributed by atoms with Crippen molar-refractivity contribution in [2.45, 2.75) is 44.6 Å². The molecule has 2 fully saturated rings. The molecule has 156 valence electrons. The van der Waals surface area contributed by atoms with Crippen molar-refractivity contribution in [3.63, 3.8) is 0 Å². The van der Waals surface area contributed by atoms with Gasteiger partial charge in [0.25, 0.3) is 5.91 Å². The van der Waals surface area contributed by atoms with E-state index >= 15 is 0 Å². The molecule has 1 saturated heterocycles. The molecular weight excluding hydrogens is 384 g/mol. The fraction of sp³-hybridized carbons (Fsp3) is 0.545. The topological polar surface area (TPSA) is 57.7 Å². The minimum Gasteiger partial charge on any atom is -0.497 e. The van der Waals surface area contributed by atoms with Gasteiger partial charge < -0.3 is 19.9 Å². The third-order valence-corrected chi connectivity index (χ3v) is 6.79. The van der Waals surface area contributed by atoms with Crippen LogP contribution in [-0.4, -0.2) is 50.2 Å². The molecule has 1 aromatic heterocycles. The molecule has 1 aliphatic heterocycles. The molecule has 6 nitrogen and oxygen atoms in total. The van der Waals surface area contributed by atoms with E-state index in [1.54, 1.807) is 18.4 Å². The number of nitrogens with one attached hydrogen (secondary N) is 1. The molecule has 0 unspecified atom stereocenters. The van der Waals surface area contributed by atoms with Crippen LogP contribution in [0.2, 0.25) is 0 Å². The Hall–Kier alpha value is -2.28. The van der Waals surface area contributed by atoms with Crippen molar-refractivity contribution in [2.24, 2.45) is 0 Å². The lowest BCUT2D eigenvalue weighted by Gasteiger charge is -2.36. The molecule has 7 heteroatoms. The molecule has 4 rings (SSSR count). The molecule has 1 saturated carbocycles. The standard InChI is InChI=1S/C22H30N4O2S/c1-28-19-10-6-9-18(15-19)25-11-13-26(14-12-25)22-24-20(16-29-22)21(27)23-17-7-4-2-3-5-8-17/h6,9-10,15-17H,2-5,7-8,11-14H2,1H3,(H,23,27). The Morgan fingerprint density at radius 3 is 2.55 bits per heavy atom. The van der Waals surface area contributed by atoms with Crippen LogP contribution >= 0.6 is 11.3 Å². The van der Waals surface area contributed by atoms with Crippen LogP contribution in [0.3, 0.4) is 0 Å². The van der Waals surface area contributed by atoms with Crippen LogP contribution in [0, 0.1) is 0 Å². The van der Waals surface area contributed by atoms with Crippen molar-refractivity contribution in [1.29, 1.82) is 0 Å². The number of ether oxygens (including phenoxy) is 1. The van der Waals surface area contributed by atoms with Crippen LogP contribution in [0.1, 0.15) is 49.0 Å². The lowest BCUT2D eigenvalue weighted by Crippen LogP contribution is -2.46. The largest absolute Gasteiger partial charge is 0.497 e. The predicted molar refractivity (Wildman–Crippen MR) is 118 cm³/mol. The highest BCUT2D eigenvalue weighted by molar-refractivity contribution is 7.13. The summed E-state index contributed by atoms with van der Waals surface area (Å²) in [6.45, 7) is 3.65. The highest BCUT2D eigenvalue weighted by atomic mass is 32.1. The van der Waals surface area contributed by atoms with Crippen molar-refractivity contribution < 1.29 is 9.53 Å². The third-order valence-electron chi connectivity index (χ3n) is 5.88. The second kappa shape index (κ2) is 9.48. The van der Waals surface area contributed by atoms with Crippen molar-refractivity contribution in [1.82, 2.24) is 10.3 Å². The molecule has 0 bridgehead atoms. The number of hydrogen-bond acceptors (Lipinski definition) is 6. The monoisotopic (exact) mass is 414 g/mol. The Morgan fingerprint density at radius 2 is 1.83 bits per heavy atom. The average molecular weight is 415 g/mol. The minimum absolute atomic E-state index is 0.0191. The molecule has 0 atom stereocenters. The van der Waals surface area contributed by atoms with Crippen LogP contribution in [0.4, 0.5) is 10.8 Å². The number of nitrogens with zero attached hydrogens (tertiary/aromatic N) is 3. The summed E-state index contributed by atoms with van der Waals surface area (Å²) in [5, 5.41) is 6.04. The van der Waals surface area contributed by atoms with Crippen LogP contribution < -0.4 is 19.9 Å². The fourth-order valence-electron chi connectivity index (χ4n) is 4.16. The Morgan fingerprint density at radius 1 is 1.10 bits per heavy atom. The number of anilines is 2. The van der Waals surface area contributed by atoms with Gasteiger partial charge in [-0.1, -0.05) is 31.7 Å². The van der Waals surface area contributed by atoms with E-state index in [0.29, 0.717) is 11.7 Å². The van der Waals surface area contributed by atoms with Gasteiger partial charge in [-0.25, -0.2) is 4.98 Å². The molecule has 1 aliphatic carbocycles. The second-order valence-corrected chi connectivity index (χ2v) is 8.69. The summed E-state index contributed by atoms with van der Waals surface area (Å²) in [6, 6.07) is 8.51. The van der Waals surface area contributed by atoms with Gasteiger partial charge in [0.15, 0.2) is 5.13 Å². The summed E-state index contributed by atoms with van der Waals surface area (Å²) in [4.78, 5) is 21.9. The SMILES string of the molecule is COc1cccc(N2CCN(c3nc(C(=O)NC4CCCCCC4)cs3)CC2)c1. The Balaban J connectivity index is 1.32. The summed E-state index contributed by atoms with van der Waals surface area (Å²) >= 11 is 1.57. The van der Waals surface area contributed by atoms with Crippen molar-refractivity contribution in [2.75, 3.05) is 43.1 Å². The molecule has 29 heavy (non-hydrogen) atoms. The van der Waals surface area contributed by atoms with Crippen molar-refractivity contribution >= 4 is 28.1 Å². The van der Waals surface area contributed by atoms with Crippen LogP contribution in [0.15, 0.2) is 29.6 Å². The summed E-state index contributed by atoms with van der Waals surface area (Å²) in [6.07, 6.45) is 7.18. The lowest BCUT2D eigenvalue weighted by atomic mass is 10.1. The zero-order chi connectivity index (χ0) is 20.1. The first-order valence-corrected chi connectivity index (χ1v) is 11.5. The first-order valence-electron chi connectivity index (χ1n) is 10.6. The van der Waals surface area contributed by atoms with E-state index in [1.165, 1.54) is 31.4 Å². The first kappa shape index (κ1) is 20.0. The maximum Gasteiger partial charge on any atom is 0.271 e. The summed E-state index contributed by atoms with van der Waals surface area (Å²) in [5.74, 6) is 0.864. The number of amides is 1. The number of piperazine rings is 1. The fourth-order valence-corrected chi connectivity index (χ4v) is 5.02. The molecule has 1 N–H and O–H groups in total. The first-order chi connectivity index (χ1) is 14.2. The Labute approximate surface area is 176 Å². The molecular formula is C22H30N4O2S. The predicted octanol–water partition coefficient (Wildman–Crippen LogP) is 3.93. The van der Waals surface area contributed by atoms with Gasteiger partial charge in [0, 0.05) is 49.4 Å². The zero-order valence-corrected chi connectivity index (χ0v) is 17.9. The van der Waals surface area contributed by atoms with Gasteiger partial charge in [0.1, 0.15) is 11.4 Å². The van der Waals surface area contributed by atoms with Gasteiger partial charge in [0.05, 0.1) is 7.11 Å². The molecule has 2 aliphatic rings. The summed E-state index contributed by atoms with van der Waals surface area (Å²) in [7, 11) is 1.70. The summed E-state index contributed by atoms with van der Waals surface area (Å²) in [5.41, 5.74) is 1.75. The third kappa shape index (κ3) is 5.01. The van der Waals surface area contributed by atoms with Gasteiger partial charge in [-0.15, -0.1) is 11.3 Å². The lowest BCUT2D eigenvalue weighted by molar-refractivity contribution is 0.0929. The van der Waals surface area contributed by atoms with Crippen LogP contribution in [0.5, 0.6) is 5.75 Å². The number of thiazole rings is 1. The Kier molecular flexibility index (Phi) is 6.54. The van der Waals surface area contributed by atoms with E-state index in [9.17, 15) is 4.79 Å². The van der Waals surface area contributed by atoms with E-state index in [0.717, 1.165) is 49.9 Å². The molecule has 1 aromatic carbocycles. The maximum atomic E-state index is 12.6. The number of carbonyl (C=O) groups is 1. The second-order valence-electron chi connectivity index (χ2n) is 7.85. The minimum atomic E-state index is -0.0191. The molecule has 2 aromatic rings. The summed E-state index contributed by atoms with van der Waals surface area (Å²) < 4.78 is 5.34. The Bertz CT molecular complexity index is 809. The van der Waals surface area contributed by atoms with Gasteiger partial charge in [-0.3, -0.25) is 4.79 Å². The number of methoxy groups -OCH3 is 1. The van der Waals surface area contributed by atoms with E-state index in [1.807, 2.05) is 17.5 Å². The van der Waals surface area contributed by atoms with Crippen molar-refractivity contribution in [3.8, 4) is 5.75 Å². The van der Waals surface area contributed by atoms with E-state index in [2.05, 4.69) is 32.2 Å². The van der Waals surface area contributed by atoms with Gasteiger partial charge in [-0.2, -0.15) is 0 Å². The molecule has 1 amide bonds. The smallest absolute Gasteiger partial charge is 0.271 e. The van der Waals surface area contributed by atoms with E-state index in [4.69, 9.17) is 4.74 Å². The number of aromatic nitrogens is 1. The van der Waals surface area contributed by atoms with Crippen LogP contribution in [-0.2, 0) is 0 Å².